The second-order valence-corrected chi connectivity index (χ2v) is 5.52. The molecule has 0 aliphatic rings. The molecule has 3 aromatic rings. The molecule has 0 saturated heterocycles. The van der Waals surface area contributed by atoms with Crippen molar-refractivity contribution in [1.82, 2.24) is 20.4 Å². The molecule has 8 nitrogen and oxygen atoms in total. The fourth-order valence-electron chi connectivity index (χ4n) is 2.21. The summed E-state index contributed by atoms with van der Waals surface area (Å²) in [7, 11) is 0. The number of halogens is 1. The number of urea groups is 1. The molecule has 2 aromatic heterocycles. The summed E-state index contributed by atoms with van der Waals surface area (Å²) in [5, 5.41) is 8.89. The lowest BCUT2D eigenvalue weighted by Crippen LogP contribution is -2.28. The summed E-state index contributed by atoms with van der Waals surface area (Å²) >= 11 is 0. The van der Waals surface area contributed by atoms with Crippen LogP contribution in [0.4, 0.5) is 14.9 Å². The first-order valence-electron chi connectivity index (χ1n) is 7.84. The average Bonchev–Trinajstić information content (AvgIpc) is 3.07. The van der Waals surface area contributed by atoms with Crippen LogP contribution in [-0.4, -0.2) is 21.2 Å². The third kappa shape index (κ3) is 4.19. The Morgan fingerprint density at radius 1 is 1.31 bits per heavy atom. The summed E-state index contributed by atoms with van der Waals surface area (Å²) in [5.74, 6) is 0.402. The molecule has 26 heavy (non-hydrogen) atoms. The fourth-order valence-corrected chi connectivity index (χ4v) is 2.21. The minimum absolute atomic E-state index is 0.0509. The molecule has 134 valence electrons. The van der Waals surface area contributed by atoms with Gasteiger partial charge < -0.3 is 20.9 Å². The minimum Gasteiger partial charge on any atom is -0.334 e. The highest BCUT2D eigenvalue weighted by atomic mass is 19.1. The van der Waals surface area contributed by atoms with Crippen LogP contribution in [-0.2, 0) is 13.1 Å². The number of amides is 2. The first-order chi connectivity index (χ1) is 12.5. The van der Waals surface area contributed by atoms with Gasteiger partial charge in [0.25, 0.3) is 5.89 Å². The van der Waals surface area contributed by atoms with Gasteiger partial charge in [-0.1, -0.05) is 17.3 Å². The van der Waals surface area contributed by atoms with Gasteiger partial charge in [-0.05, 0) is 30.7 Å². The van der Waals surface area contributed by atoms with E-state index in [-0.39, 0.29) is 13.1 Å². The van der Waals surface area contributed by atoms with Crippen LogP contribution >= 0.6 is 0 Å². The Morgan fingerprint density at radius 3 is 2.77 bits per heavy atom. The number of aryl methyl sites for hydroxylation is 1. The van der Waals surface area contributed by atoms with Crippen LogP contribution in [0.2, 0.25) is 0 Å². The maximum absolute atomic E-state index is 13.9. The normalized spacial score (nSPS) is 10.6. The first-order valence-corrected chi connectivity index (χ1v) is 7.84. The highest BCUT2D eigenvalue weighted by molar-refractivity contribution is 5.89. The lowest BCUT2D eigenvalue weighted by atomic mass is 10.1. The molecule has 0 aliphatic carbocycles. The number of anilines is 1. The van der Waals surface area contributed by atoms with Gasteiger partial charge in [0.2, 0.25) is 0 Å². The van der Waals surface area contributed by atoms with Crippen LogP contribution in [0, 0.1) is 12.7 Å². The molecule has 0 bridgehead atoms. The molecule has 0 saturated carbocycles. The van der Waals surface area contributed by atoms with Crippen molar-refractivity contribution in [3.8, 4) is 11.6 Å². The summed E-state index contributed by atoms with van der Waals surface area (Å²) in [6.07, 6.45) is 1.46. The van der Waals surface area contributed by atoms with Gasteiger partial charge in [-0.2, -0.15) is 4.98 Å². The Kier molecular flexibility index (Phi) is 5.18. The zero-order chi connectivity index (χ0) is 18.5. The summed E-state index contributed by atoms with van der Waals surface area (Å²) < 4.78 is 18.9. The third-order valence-corrected chi connectivity index (χ3v) is 3.56. The van der Waals surface area contributed by atoms with Crippen LogP contribution in [0.1, 0.15) is 17.0 Å². The molecule has 2 heterocycles. The highest BCUT2D eigenvalue weighted by Gasteiger charge is 2.09. The second-order valence-electron chi connectivity index (χ2n) is 5.52. The number of hydrogen-bond donors (Lipinski definition) is 3. The minimum atomic E-state index is -0.476. The van der Waals surface area contributed by atoms with Crippen molar-refractivity contribution >= 4 is 11.7 Å². The van der Waals surface area contributed by atoms with Crippen LogP contribution in [0.3, 0.4) is 0 Å². The van der Waals surface area contributed by atoms with Gasteiger partial charge in [0.05, 0.1) is 11.9 Å². The van der Waals surface area contributed by atoms with Crippen molar-refractivity contribution in [1.29, 1.82) is 0 Å². The molecule has 9 heteroatoms. The van der Waals surface area contributed by atoms with Crippen molar-refractivity contribution in [2.75, 3.05) is 5.32 Å². The van der Waals surface area contributed by atoms with E-state index in [1.807, 2.05) is 0 Å². The topological polar surface area (TPSA) is 119 Å². The summed E-state index contributed by atoms with van der Waals surface area (Å²) in [5.41, 5.74) is 7.50. The quantitative estimate of drug-likeness (QED) is 0.646. The molecule has 0 fully saturated rings. The van der Waals surface area contributed by atoms with Crippen LogP contribution < -0.4 is 16.4 Å². The fraction of sp³-hybridized carbons (Fsp3) is 0.176. The number of nitrogens with zero attached hydrogens (tertiary/aromatic N) is 3. The maximum Gasteiger partial charge on any atom is 0.319 e. The van der Waals surface area contributed by atoms with Crippen molar-refractivity contribution in [2.24, 2.45) is 5.73 Å². The van der Waals surface area contributed by atoms with E-state index in [1.165, 1.54) is 12.3 Å². The molecule has 0 unspecified atom stereocenters. The number of nitrogens with two attached hydrogens (primary N) is 1. The smallest absolute Gasteiger partial charge is 0.319 e. The summed E-state index contributed by atoms with van der Waals surface area (Å²) in [6.45, 7) is 2.02. The zero-order valence-corrected chi connectivity index (χ0v) is 14.0. The van der Waals surface area contributed by atoms with Gasteiger partial charge in [-0.25, -0.2) is 14.2 Å². The van der Waals surface area contributed by atoms with Crippen LogP contribution in [0.5, 0.6) is 0 Å². The number of nitrogens with one attached hydrogen (secondary N) is 2. The van der Waals surface area contributed by atoms with Gasteiger partial charge >= 0.3 is 6.03 Å². The molecular formula is C17H17FN6O2. The Hall–Kier alpha value is -3.33. The Balaban J connectivity index is 1.56. The molecule has 2 amide bonds. The Bertz CT molecular complexity index is 910. The zero-order valence-electron chi connectivity index (χ0n) is 14.0. The highest BCUT2D eigenvalue weighted by Crippen LogP contribution is 2.16. The number of rotatable bonds is 5. The number of carbonyl (C=O) groups is 1. The predicted octanol–water partition coefficient (Wildman–Crippen LogP) is 2.36. The number of pyridine rings is 1. The molecule has 0 atom stereocenters. The summed E-state index contributed by atoms with van der Waals surface area (Å²) in [4.78, 5) is 20.2. The third-order valence-electron chi connectivity index (χ3n) is 3.56. The predicted molar refractivity (Wildman–Crippen MR) is 92.4 cm³/mol. The molecule has 0 aliphatic heterocycles. The van der Waals surface area contributed by atoms with E-state index in [0.717, 1.165) is 0 Å². The number of aromatic nitrogens is 3. The second kappa shape index (κ2) is 7.70. The number of hydrogen-bond acceptors (Lipinski definition) is 6. The van der Waals surface area contributed by atoms with Crippen molar-refractivity contribution in [3.63, 3.8) is 0 Å². The molecule has 0 radical (unpaired) electrons. The average molecular weight is 356 g/mol. The molecule has 0 spiro atoms. The Labute approximate surface area is 148 Å². The lowest BCUT2D eigenvalue weighted by molar-refractivity contribution is 0.251. The van der Waals surface area contributed by atoms with Gasteiger partial charge in [0.1, 0.15) is 11.5 Å². The monoisotopic (exact) mass is 356 g/mol. The van der Waals surface area contributed by atoms with Crippen molar-refractivity contribution in [2.45, 2.75) is 20.0 Å². The number of carbonyl (C=O) groups excluding carboxylic acids is 1. The number of benzene rings is 1. The van der Waals surface area contributed by atoms with Gasteiger partial charge in [-0.3, -0.25) is 0 Å². The van der Waals surface area contributed by atoms with E-state index >= 15 is 0 Å². The van der Waals surface area contributed by atoms with Crippen molar-refractivity contribution < 1.29 is 13.7 Å². The largest absolute Gasteiger partial charge is 0.334 e. The van der Waals surface area contributed by atoms with Crippen LogP contribution in [0.25, 0.3) is 11.6 Å². The standard InChI is InChI=1S/C17H17FN6O2/c1-10-22-16(26-24-10)15-5-4-13(9-20-15)23-17(25)21-8-12-3-2-11(7-19)6-14(12)18/h2-6,9H,7-8,19H2,1H3,(H2,21,23,25). The molecule has 4 N–H and O–H groups in total. The van der Waals surface area contributed by atoms with E-state index < -0.39 is 11.8 Å². The molecular weight excluding hydrogens is 339 g/mol. The van der Waals surface area contributed by atoms with E-state index in [2.05, 4.69) is 25.8 Å². The summed E-state index contributed by atoms with van der Waals surface area (Å²) in [6, 6.07) is 7.50. The van der Waals surface area contributed by atoms with E-state index in [0.29, 0.717) is 34.2 Å². The van der Waals surface area contributed by atoms with Gasteiger partial charge in [-0.15, -0.1) is 0 Å². The first kappa shape index (κ1) is 17.5. The maximum atomic E-state index is 13.9. The van der Waals surface area contributed by atoms with Gasteiger partial charge in [0.15, 0.2) is 5.82 Å². The van der Waals surface area contributed by atoms with E-state index in [1.54, 1.807) is 31.2 Å². The van der Waals surface area contributed by atoms with E-state index in [9.17, 15) is 9.18 Å². The molecule has 3 rings (SSSR count). The Morgan fingerprint density at radius 2 is 2.15 bits per heavy atom. The SMILES string of the molecule is Cc1noc(-c2ccc(NC(=O)NCc3ccc(CN)cc3F)cn2)n1. The van der Waals surface area contributed by atoms with Gasteiger partial charge in [0, 0.05) is 18.7 Å². The van der Waals surface area contributed by atoms with E-state index in [4.69, 9.17) is 10.3 Å². The van der Waals surface area contributed by atoms with Crippen molar-refractivity contribution in [3.05, 3.63) is 59.3 Å². The molecule has 1 aromatic carbocycles. The lowest BCUT2D eigenvalue weighted by Gasteiger charge is -2.09. The van der Waals surface area contributed by atoms with Crippen LogP contribution in [0.15, 0.2) is 41.1 Å².